The Labute approximate surface area is 109 Å². The van der Waals surface area contributed by atoms with Crippen molar-refractivity contribution < 1.29 is 13.5 Å². The molecule has 100 valence electrons. The zero-order valence-corrected chi connectivity index (χ0v) is 10.5. The van der Waals surface area contributed by atoms with Gasteiger partial charge in [-0.1, -0.05) is 6.07 Å². The fraction of sp³-hybridized carbons (Fsp3) is 0.231. The molecule has 4 nitrogen and oxygen atoms in total. The van der Waals surface area contributed by atoms with Gasteiger partial charge in [0, 0.05) is 11.6 Å². The predicted octanol–water partition coefficient (Wildman–Crippen LogP) is 2.12. The molecule has 2 N–H and O–H groups in total. The maximum Gasteiger partial charge on any atom is 0.233 e. The summed E-state index contributed by atoms with van der Waals surface area (Å²) in [6.45, 7) is 1.55. The maximum atomic E-state index is 14.0. The van der Waals surface area contributed by atoms with E-state index in [2.05, 4.69) is 10.2 Å². The largest absolute Gasteiger partial charge is 0.480 e. The lowest BCUT2D eigenvalue weighted by Crippen LogP contribution is -2.18. The second-order valence-corrected chi connectivity index (χ2v) is 4.07. The van der Waals surface area contributed by atoms with Gasteiger partial charge in [-0.2, -0.15) is 0 Å². The molecule has 1 unspecified atom stereocenters. The van der Waals surface area contributed by atoms with Crippen LogP contribution >= 0.6 is 0 Å². The van der Waals surface area contributed by atoms with Gasteiger partial charge in [-0.3, -0.25) is 0 Å². The van der Waals surface area contributed by atoms with Crippen LogP contribution < -0.4 is 10.5 Å². The van der Waals surface area contributed by atoms with Crippen LogP contribution in [0, 0.1) is 18.6 Å². The number of hydrogen-bond acceptors (Lipinski definition) is 4. The first-order valence-corrected chi connectivity index (χ1v) is 5.62. The summed E-state index contributed by atoms with van der Waals surface area (Å²) in [5.41, 5.74) is 6.24. The first-order valence-electron chi connectivity index (χ1n) is 5.62. The summed E-state index contributed by atoms with van der Waals surface area (Å²) in [7, 11) is 1.45. The van der Waals surface area contributed by atoms with Crippen LogP contribution in [-0.4, -0.2) is 17.3 Å². The van der Waals surface area contributed by atoms with Crippen LogP contribution in [-0.2, 0) is 0 Å². The SMILES string of the molecule is COc1ccc(C(N)c2c(F)ccc(C)c2F)nn1. The lowest BCUT2D eigenvalue weighted by Gasteiger charge is -2.14. The summed E-state index contributed by atoms with van der Waals surface area (Å²) in [6, 6.07) is 4.59. The zero-order chi connectivity index (χ0) is 14.0. The maximum absolute atomic E-state index is 14.0. The summed E-state index contributed by atoms with van der Waals surface area (Å²) in [6.07, 6.45) is 0. The topological polar surface area (TPSA) is 61.0 Å². The quantitative estimate of drug-likeness (QED) is 0.923. The van der Waals surface area contributed by atoms with Crippen molar-refractivity contribution in [1.82, 2.24) is 10.2 Å². The van der Waals surface area contributed by atoms with E-state index >= 15 is 0 Å². The van der Waals surface area contributed by atoms with Crippen LogP contribution in [0.1, 0.15) is 22.9 Å². The third-order valence-corrected chi connectivity index (χ3v) is 2.82. The number of benzene rings is 1. The minimum Gasteiger partial charge on any atom is -0.480 e. The molecular weight excluding hydrogens is 252 g/mol. The Bertz CT molecular complexity index is 587. The molecule has 0 fully saturated rings. The highest BCUT2D eigenvalue weighted by Gasteiger charge is 2.21. The first kappa shape index (κ1) is 13.4. The number of nitrogens with zero attached hydrogens (tertiary/aromatic N) is 2. The van der Waals surface area contributed by atoms with E-state index in [1.165, 1.54) is 31.4 Å². The summed E-state index contributed by atoms with van der Waals surface area (Å²) in [5.74, 6) is -1.06. The molecule has 0 radical (unpaired) electrons. The van der Waals surface area contributed by atoms with Gasteiger partial charge < -0.3 is 10.5 Å². The van der Waals surface area contributed by atoms with Crippen molar-refractivity contribution >= 4 is 0 Å². The average Bonchev–Trinajstić information content (AvgIpc) is 2.43. The molecule has 0 saturated heterocycles. The van der Waals surface area contributed by atoms with Crippen molar-refractivity contribution in [2.24, 2.45) is 5.73 Å². The number of ether oxygens (including phenoxy) is 1. The smallest absolute Gasteiger partial charge is 0.233 e. The van der Waals surface area contributed by atoms with E-state index in [1.54, 1.807) is 6.92 Å². The Morgan fingerprint density at radius 1 is 1.16 bits per heavy atom. The van der Waals surface area contributed by atoms with Crippen LogP contribution in [0.2, 0.25) is 0 Å². The fourth-order valence-electron chi connectivity index (χ4n) is 1.72. The molecule has 0 aliphatic carbocycles. The minimum atomic E-state index is -1.02. The molecule has 0 aliphatic heterocycles. The molecule has 0 aliphatic rings. The molecule has 1 atom stereocenters. The van der Waals surface area contributed by atoms with E-state index < -0.39 is 17.7 Å². The summed E-state index contributed by atoms with van der Waals surface area (Å²) < 4.78 is 32.5. The van der Waals surface area contributed by atoms with E-state index in [1.807, 2.05) is 0 Å². The number of halogens is 2. The molecule has 1 heterocycles. The number of rotatable bonds is 3. The average molecular weight is 265 g/mol. The molecule has 1 aromatic carbocycles. The highest BCUT2D eigenvalue weighted by molar-refractivity contribution is 5.33. The third kappa shape index (κ3) is 2.53. The van der Waals surface area contributed by atoms with Gasteiger partial charge >= 0.3 is 0 Å². The first-order chi connectivity index (χ1) is 9.04. The van der Waals surface area contributed by atoms with Gasteiger partial charge in [0.05, 0.1) is 18.8 Å². The van der Waals surface area contributed by atoms with Gasteiger partial charge in [-0.05, 0) is 24.6 Å². The number of aromatic nitrogens is 2. The Balaban J connectivity index is 2.43. The molecular formula is C13H13F2N3O. The number of hydrogen-bond donors (Lipinski definition) is 1. The zero-order valence-electron chi connectivity index (χ0n) is 10.5. The number of aryl methyl sites for hydroxylation is 1. The summed E-state index contributed by atoms with van der Waals surface area (Å²) in [5, 5.41) is 7.53. The molecule has 0 amide bonds. The van der Waals surface area contributed by atoms with Crippen molar-refractivity contribution in [3.63, 3.8) is 0 Å². The molecule has 2 rings (SSSR count). The van der Waals surface area contributed by atoms with Crippen LogP contribution in [0.15, 0.2) is 24.3 Å². The van der Waals surface area contributed by atoms with Crippen molar-refractivity contribution in [2.45, 2.75) is 13.0 Å². The van der Waals surface area contributed by atoms with Gasteiger partial charge in [0.1, 0.15) is 11.6 Å². The Morgan fingerprint density at radius 2 is 1.89 bits per heavy atom. The van der Waals surface area contributed by atoms with Gasteiger partial charge in [0.2, 0.25) is 5.88 Å². The lowest BCUT2D eigenvalue weighted by atomic mass is 10.0. The molecule has 2 aromatic rings. The van der Waals surface area contributed by atoms with Crippen LogP contribution in [0.4, 0.5) is 8.78 Å². The van der Waals surface area contributed by atoms with Crippen LogP contribution in [0.5, 0.6) is 5.88 Å². The van der Waals surface area contributed by atoms with E-state index in [9.17, 15) is 8.78 Å². The van der Waals surface area contributed by atoms with Gasteiger partial charge in [0.15, 0.2) is 0 Å². The van der Waals surface area contributed by atoms with Gasteiger partial charge in [-0.15, -0.1) is 10.2 Å². The molecule has 0 saturated carbocycles. The van der Waals surface area contributed by atoms with Crippen molar-refractivity contribution in [3.05, 3.63) is 52.7 Å². The lowest BCUT2D eigenvalue weighted by molar-refractivity contribution is 0.390. The fourth-order valence-corrected chi connectivity index (χ4v) is 1.72. The molecule has 1 aromatic heterocycles. The van der Waals surface area contributed by atoms with Gasteiger partial charge in [0.25, 0.3) is 0 Å². The van der Waals surface area contributed by atoms with Crippen molar-refractivity contribution in [2.75, 3.05) is 7.11 Å². The second kappa shape index (κ2) is 5.27. The van der Waals surface area contributed by atoms with E-state index in [0.717, 1.165) is 0 Å². The molecule has 0 bridgehead atoms. The molecule has 19 heavy (non-hydrogen) atoms. The number of methoxy groups -OCH3 is 1. The predicted molar refractivity (Wildman–Crippen MR) is 65.7 cm³/mol. The highest BCUT2D eigenvalue weighted by Crippen LogP contribution is 2.25. The Morgan fingerprint density at radius 3 is 2.47 bits per heavy atom. The second-order valence-electron chi connectivity index (χ2n) is 4.07. The van der Waals surface area contributed by atoms with Crippen molar-refractivity contribution in [3.8, 4) is 5.88 Å². The number of nitrogens with two attached hydrogens (primary N) is 1. The van der Waals surface area contributed by atoms with E-state index in [0.29, 0.717) is 11.4 Å². The van der Waals surface area contributed by atoms with Crippen LogP contribution in [0.25, 0.3) is 0 Å². The third-order valence-electron chi connectivity index (χ3n) is 2.82. The minimum absolute atomic E-state index is 0.209. The highest BCUT2D eigenvalue weighted by atomic mass is 19.1. The summed E-state index contributed by atoms with van der Waals surface area (Å²) >= 11 is 0. The van der Waals surface area contributed by atoms with E-state index in [-0.39, 0.29) is 11.3 Å². The normalized spacial score (nSPS) is 12.3. The van der Waals surface area contributed by atoms with Crippen LogP contribution in [0.3, 0.4) is 0 Å². The Hall–Kier alpha value is -2.08. The monoisotopic (exact) mass is 265 g/mol. The molecule has 0 spiro atoms. The van der Waals surface area contributed by atoms with E-state index in [4.69, 9.17) is 10.5 Å². The summed E-state index contributed by atoms with van der Waals surface area (Å²) in [4.78, 5) is 0. The Kier molecular flexibility index (Phi) is 3.71. The standard InChI is InChI=1S/C13H13F2N3O/c1-7-3-4-8(14)11(12(7)15)13(16)9-5-6-10(19-2)18-17-9/h3-6,13H,16H2,1-2H3. The van der Waals surface area contributed by atoms with Gasteiger partial charge in [-0.25, -0.2) is 8.78 Å². The van der Waals surface area contributed by atoms with Crippen molar-refractivity contribution in [1.29, 1.82) is 0 Å². The molecule has 6 heteroatoms.